The molecule has 30 heavy (non-hydrogen) atoms. The van der Waals surface area contributed by atoms with E-state index in [1.807, 2.05) is 36.8 Å². The van der Waals surface area contributed by atoms with Gasteiger partial charge in [-0.1, -0.05) is 6.07 Å². The molecule has 6 aromatic rings. The third-order valence-electron chi connectivity index (χ3n) is 5.08. The summed E-state index contributed by atoms with van der Waals surface area (Å²) in [6.45, 7) is 0. The minimum absolute atomic E-state index is 0.791. The molecule has 0 saturated heterocycles. The van der Waals surface area contributed by atoms with Gasteiger partial charge in [0.15, 0.2) is 0 Å². The van der Waals surface area contributed by atoms with Crippen LogP contribution in [0, 0.1) is 0 Å². The van der Waals surface area contributed by atoms with E-state index in [1.54, 1.807) is 24.8 Å². The first kappa shape index (κ1) is 16.5. The third kappa shape index (κ3) is 2.62. The van der Waals surface area contributed by atoms with E-state index in [0.717, 1.165) is 55.6 Å². The van der Waals surface area contributed by atoms with Crippen molar-refractivity contribution in [1.29, 1.82) is 0 Å². The molecule has 0 aliphatic heterocycles. The van der Waals surface area contributed by atoms with Gasteiger partial charge in [0.05, 0.1) is 34.8 Å². The Bertz CT molecular complexity index is 1490. The van der Waals surface area contributed by atoms with Gasteiger partial charge < -0.3 is 4.98 Å². The number of nitrogens with one attached hydrogen (secondary N) is 2. The highest BCUT2D eigenvalue weighted by Crippen LogP contribution is 2.33. The Morgan fingerprint density at radius 2 is 1.63 bits per heavy atom. The SMILES string of the molecule is c1cncc(-c2cncc3[nH]c(-c4n[nH]c5cnc(-c6cncnc6)cc45)cc23)c1. The van der Waals surface area contributed by atoms with Crippen molar-refractivity contribution in [2.45, 2.75) is 0 Å². The number of nitrogens with zero attached hydrogens (tertiary/aromatic N) is 6. The molecule has 8 nitrogen and oxygen atoms in total. The Morgan fingerprint density at radius 3 is 2.50 bits per heavy atom. The normalized spacial score (nSPS) is 11.3. The molecule has 6 aromatic heterocycles. The number of H-pyrrole nitrogens is 2. The molecule has 142 valence electrons. The molecule has 0 aliphatic rings. The van der Waals surface area contributed by atoms with Crippen LogP contribution in [0.2, 0.25) is 0 Å². The summed E-state index contributed by atoms with van der Waals surface area (Å²) >= 11 is 0. The lowest BCUT2D eigenvalue weighted by molar-refractivity contribution is 1.11. The van der Waals surface area contributed by atoms with Crippen LogP contribution >= 0.6 is 0 Å². The molecule has 0 aliphatic carbocycles. The van der Waals surface area contributed by atoms with Crippen LogP contribution in [0.15, 0.2) is 74.0 Å². The van der Waals surface area contributed by atoms with E-state index < -0.39 is 0 Å². The molecule has 0 saturated carbocycles. The maximum absolute atomic E-state index is 4.54. The smallest absolute Gasteiger partial charge is 0.116 e. The molecule has 6 heterocycles. The number of fused-ring (bicyclic) bond motifs is 2. The van der Waals surface area contributed by atoms with Gasteiger partial charge in [0, 0.05) is 58.4 Å². The van der Waals surface area contributed by atoms with E-state index in [2.05, 4.69) is 46.2 Å². The summed E-state index contributed by atoms with van der Waals surface area (Å²) in [6.07, 6.45) is 14.1. The lowest BCUT2D eigenvalue weighted by Gasteiger charge is -2.01. The van der Waals surface area contributed by atoms with Gasteiger partial charge in [-0.15, -0.1) is 0 Å². The fourth-order valence-electron chi connectivity index (χ4n) is 3.64. The van der Waals surface area contributed by atoms with Crippen molar-refractivity contribution in [1.82, 2.24) is 40.1 Å². The zero-order chi connectivity index (χ0) is 19.9. The molecule has 2 N–H and O–H groups in total. The number of hydrogen-bond acceptors (Lipinski definition) is 6. The monoisotopic (exact) mass is 390 g/mol. The van der Waals surface area contributed by atoms with Crippen molar-refractivity contribution in [2.24, 2.45) is 0 Å². The van der Waals surface area contributed by atoms with E-state index in [9.17, 15) is 0 Å². The van der Waals surface area contributed by atoms with E-state index >= 15 is 0 Å². The quantitative estimate of drug-likeness (QED) is 0.472. The zero-order valence-corrected chi connectivity index (χ0v) is 15.6. The molecule has 0 radical (unpaired) electrons. The van der Waals surface area contributed by atoms with Crippen molar-refractivity contribution in [2.75, 3.05) is 0 Å². The molecular weight excluding hydrogens is 376 g/mol. The summed E-state index contributed by atoms with van der Waals surface area (Å²) in [5, 5.41) is 9.63. The molecular formula is C22H14N8. The van der Waals surface area contributed by atoms with Crippen LogP contribution in [-0.2, 0) is 0 Å². The van der Waals surface area contributed by atoms with Gasteiger partial charge >= 0.3 is 0 Å². The molecule has 0 unspecified atom stereocenters. The average Bonchev–Trinajstić information content (AvgIpc) is 3.43. The number of aromatic nitrogens is 8. The van der Waals surface area contributed by atoms with Gasteiger partial charge in [-0.3, -0.25) is 20.1 Å². The predicted molar refractivity (Wildman–Crippen MR) is 113 cm³/mol. The standard InChI is InChI=1S/C22H14N8/c1-2-13(6-23-3-1)17-9-24-10-20-15(17)4-19(28-20)22-16-5-18(14-7-25-12-26-8-14)27-11-21(16)29-30-22/h1-12,28H,(H,29,30). The van der Waals surface area contributed by atoms with Crippen molar-refractivity contribution >= 4 is 21.8 Å². The molecule has 0 aromatic carbocycles. The molecule has 0 fully saturated rings. The third-order valence-corrected chi connectivity index (χ3v) is 5.08. The lowest BCUT2D eigenvalue weighted by atomic mass is 10.1. The van der Waals surface area contributed by atoms with E-state index in [4.69, 9.17) is 0 Å². The van der Waals surface area contributed by atoms with Crippen LogP contribution in [0.25, 0.3) is 55.6 Å². The van der Waals surface area contributed by atoms with Gasteiger partial charge in [0.2, 0.25) is 0 Å². The zero-order valence-electron chi connectivity index (χ0n) is 15.6. The Hall–Kier alpha value is -4.46. The highest BCUT2D eigenvalue weighted by molar-refractivity contribution is 6.00. The van der Waals surface area contributed by atoms with Crippen LogP contribution in [-0.4, -0.2) is 40.1 Å². The first-order valence-electron chi connectivity index (χ1n) is 9.34. The van der Waals surface area contributed by atoms with Gasteiger partial charge in [-0.25, -0.2) is 9.97 Å². The topological polar surface area (TPSA) is 109 Å². The summed E-state index contributed by atoms with van der Waals surface area (Å²) in [5.41, 5.74) is 7.19. The van der Waals surface area contributed by atoms with Crippen molar-refractivity contribution in [3.63, 3.8) is 0 Å². The number of aromatic amines is 2. The first-order chi connectivity index (χ1) is 14.9. The Morgan fingerprint density at radius 1 is 0.733 bits per heavy atom. The van der Waals surface area contributed by atoms with Crippen LogP contribution in [0.5, 0.6) is 0 Å². The molecule has 0 amide bonds. The summed E-state index contributed by atoms with van der Waals surface area (Å²) in [5.74, 6) is 0. The maximum atomic E-state index is 4.54. The van der Waals surface area contributed by atoms with Gasteiger partial charge in [-0.05, 0) is 18.2 Å². The van der Waals surface area contributed by atoms with Crippen LogP contribution in [0.4, 0.5) is 0 Å². The van der Waals surface area contributed by atoms with Crippen molar-refractivity contribution in [3.8, 4) is 33.8 Å². The van der Waals surface area contributed by atoms with E-state index in [0.29, 0.717) is 0 Å². The summed E-state index contributed by atoms with van der Waals surface area (Å²) in [6, 6.07) is 8.05. The summed E-state index contributed by atoms with van der Waals surface area (Å²) in [7, 11) is 0. The fraction of sp³-hybridized carbons (Fsp3) is 0. The molecule has 8 heteroatoms. The van der Waals surface area contributed by atoms with Gasteiger partial charge in [0.1, 0.15) is 12.0 Å². The summed E-state index contributed by atoms with van der Waals surface area (Å²) < 4.78 is 0. The minimum Gasteiger partial charge on any atom is -0.352 e. The molecule has 0 spiro atoms. The average molecular weight is 390 g/mol. The number of pyridine rings is 3. The van der Waals surface area contributed by atoms with Gasteiger partial charge in [-0.2, -0.15) is 5.10 Å². The Labute approximate surface area is 170 Å². The highest BCUT2D eigenvalue weighted by Gasteiger charge is 2.15. The fourth-order valence-corrected chi connectivity index (χ4v) is 3.64. The largest absolute Gasteiger partial charge is 0.352 e. The molecule has 0 atom stereocenters. The van der Waals surface area contributed by atoms with Gasteiger partial charge in [0.25, 0.3) is 0 Å². The molecule has 6 rings (SSSR count). The number of rotatable bonds is 3. The van der Waals surface area contributed by atoms with E-state index in [-0.39, 0.29) is 0 Å². The summed E-state index contributed by atoms with van der Waals surface area (Å²) in [4.78, 5) is 24.7. The Kier molecular flexibility index (Phi) is 3.60. The van der Waals surface area contributed by atoms with Crippen LogP contribution in [0.1, 0.15) is 0 Å². The van der Waals surface area contributed by atoms with Crippen LogP contribution in [0.3, 0.4) is 0 Å². The van der Waals surface area contributed by atoms with E-state index in [1.165, 1.54) is 6.33 Å². The van der Waals surface area contributed by atoms with Crippen molar-refractivity contribution < 1.29 is 0 Å². The maximum Gasteiger partial charge on any atom is 0.116 e. The first-order valence-corrected chi connectivity index (χ1v) is 9.34. The van der Waals surface area contributed by atoms with Crippen molar-refractivity contribution in [3.05, 3.63) is 74.0 Å². The van der Waals surface area contributed by atoms with Crippen LogP contribution < -0.4 is 0 Å². The predicted octanol–water partition coefficient (Wildman–Crippen LogP) is 4.02. The lowest BCUT2D eigenvalue weighted by Crippen LogP contribution is -1.86. The second-order valence-corrected chi connectivity index (χ2v) is 6.89. The minimum atomic E-state index is 0.791. The molecule has 0 bridgehead atoms. The Balaban J connectivity index is 1.52. The number of hydrogen-bond donors (Lipinski definition) is 2. The highest BCUT2D eigenvalue weighted by atomic mass is 15.1. The second-order valence-electron chi connectivity index (χ2n) is 6.89. The second kappa shape index (κ2) is 6.56.